The molecule has 0 saturated heterocycles. The third-order valence-electron chi connectivity index (χ3n) is 4.07. The molecule has 0 spiro atoms. The largest absolute Gasteiger partial charge is 0.493 e. The van der Waals surface area contributed by atoms with Gasteiger partial charge in [-0.2, -0.15) is 0 Å². The van der Waals surface area contributed by atoms with Gasteiger partial charge in [-0.1, -0.05) is 6.07 Å². The van der Waals surface area contributed by atoms with Crippen molar-refractivity contribution in [3.05, 3.63) is 45.0 Å². The summed E-state index contributed by atoms with van der Waals surface area (Å²) >= 11 is 4.05. The molecule has 0 saturated carbocycles. The molecule has 0 bridgehead atoms. The van der Waals surface area contributed by atoms with Gasteiger partial charge >= 0.3 is 0 Å². The molecule has 0 aliphatic carbocycles. The lowest BCUT2D eigenvalue weighted by molar-refractivity contribution is 0.157. The van der Waals surface area contributed by atoms with Gasteiger partial charge in [0.2, 0.25) is 0 Å². The standard InChI is InChI=1S/C17H16I2O5/c1-21-14-5-9(3-4-13(14)24-19)16-12(8-20)11-6-10(18)7-15(22-2)17(11)23-16/h3-7,12,16,20H,8H2,1-2H3. The Morgan fingerprint density at radius 2 is 1.83 bits per heavy atom. The van der Waals surface area contributed by atoms with Gasteiger partial charge in [-0.25, -0.2) is 0 Å². The number of hydrogen-bond acceptors (Lipinski definition) is 5. The lowest BCUT2D eigenvalue weighted by atomic mass is 9.91. The SMILES string of the molecule is COc1cc(C2Oc3c(OC)cc(I)cc3C2CO)ccc1OI. The van der Waals surface area contributed by atoms with Crippen LogP contribution in [0.15, 0.2) is 30.3 Å². The summed E-state index contributed by atoms with van der Waals surface area (Å²) in [7, 11) is 3.21. The lowest BCUT2D eigenvalue weighted by Crippen LogP contribution is -2.13. The highest BCUT2D eigenvalue weighted by Crippen LogP contribution is 2.51. The van der Waals surface area contributed by atoms with Crippen LogP contribution in [0.25, 0.3) is 0 Å². The molecular formula is C17H16I2O5. The van der Waals surface area contributed by atoms with E-state index in [0.717, 1.165) is 14.7 Å². The van der Waals surface area contributed by atoms with Gasteiger partial charge in [0.05, 0.1) is 26.7 Å². The molecule has 2 atom stereocenters. The first-order chi connectivity index (χ1) is 11.6. The van der Waals surface area contributed by atoms with E-state index in [4.69, 9.17) is 17.3 Å². The maximum atomic E-state index is 9.95. The van der Waals surface area contributed by atoms with Crippen molar-refractivity contribution in [3.8, 4) is 23.0 Å². The monoisotopic (exact) mass is 554 g/mol. The third-order valence-corrected chi connectivity index (χ3v) is 5.17. The Kier molecular flexibility index (Phi) is 5.60. The first kappa shape index (κ1) is 17.9. The van der Waals surface area contributed by atoms with Crippen LogP contribution < -0.4 is 17.3 Å². The molecule has 2 unspecified atom stereocenters. The molecule has 2 aromatic carbocycles. The normalized spacial score (nSPS) is 18.7. The predicted octanol–water partition coefficient (Wildman–Crippen LogP) is 4.25. The number of aliphatic hydroxyl groups excluding tert-OH is 1. The van der Waals surface area contributed by atoms with E-state index in [0.29, 0.717) is 23.0 Å². The van der Waals surface area contributed by atoms with Crippen LogP contribution in [0.1, 0.15) is 23.1 Å². The fourth-order valence-electron chi connectivity index (χ4n) is 2.93. The van der Waals surface area contributed by atoms with Gasteiger partial charge in [0.25, 0.3) is 0 Å². The Balaban J connectivity index is 2.04. The zero-order valence-corrected chi connectivity index (χ0v) is 17.4. The highest BCUT2D eigenvalue weighted by molar-refractivity contribution is 14.1. The molecule has 3 rings (SSSR count). The Morgan fingerprint density at radius 3 is 2.46 bits per heavy atom. The lowest BCUT2D eigenvalue weighted by Gasteiger charge is -2.19. The van der Waals surface area contributed by atoms with Crippen LogP contribution in [0.4, 0.5) is 0 Å². The molecule has 0 fully saturated rings. The minimum atomic E-state index is -0.311. The molecule has 1 aliphatic heterocycles. The molecular weight excluding hydrogens is 538 g/mol. The van der Waals surface area contributed by atoms with Crippen molar-refractivity contribution >= 4 is 45.6 Å². The van der Waals surface area contributed by atoms with E-state index in [9.17, 15) is 5.11 Å². The van der Waals surface area contributed by atoms with Crippen LogP contribution in [0.5, 0.6) is 23.0 Å². The summed E-state index contributed by atoms with van der Waals surface area (Å²) < 4.78 is 23.3. The molecule has 0 radical (unpaired) electrons. The molecule has 24 heavy (non-hydrogen) atoms. The van der Waals surface area contributed by atoms with Crippen LogP contribution in [0, 0.1) is 3.57 Å². The fraction of sp³-hybridized carbons (Fsp3) is 0.294. The van der Waals surface area contributed by atoms with Crippen molar-refractivity contribution in [2.75, 3.05) is 20.8 Å². The van der Waals surface area contributed by atoms with E-state index in [1.165, 1.54) is 0 Å². The van der Waals surface area contributed by atoms with Crippen molar-refractivity contribution < 1.29 is 22.4 Å². The average molecular weight is 554 g/mol. The molecule has 0 aromatic heterocycles. The van der Waals surface area contributed by atoms with Crippen molar-refractivity contribution in [2.45, 2.75) is 12.0 Å². The van der Waals surface area contributed by atoms with Gasteiger partial charge in [-0.05, 0) is 52.4 Å². The summed E-state index contributed by atoms with van der Waals surface area (Å²) in [6.45, 7) is -0.0201. The summed E-state index contributed by atoms with van der Waals surface area (Å²) in [6.07, 6.45) is -0.311. The first-order valence-corrected chi connectivity index (χ1v) is 9.20. The van der Waals surface area contributed by atoms with Gasteiger partial charge in [-0.15, -0.1) is 0 Å². The molecule has 1 aliphatic rings. The molecule has 1 heterocycles. The van der Waals surface area contributed by atoms with Gasteiger partial charge in [0.15, 0.2) is 46.0 Å². The van der Waals surface area contributed by atoms with E-state index in [1.807, 2.05) is 53.3 Å². The summed E-state index contributed by atoms with van der Waals surface area (Å²) in [5.74, 6) is 2.47. The predicted molar refractivity (Wildman–Crippen MR) is 107 cm³/mol. The zero-order chi connectivity index (χ0) is 17.3. The minimum Gasteiger partial charge on any atom is -0.493 e. The zero-order valence-electron chi connectivity index (χ0n) is 13.1. The quantitative estimate of drug-likeness (QED) is 0.561. The Morgan fingerprint density at radius 1 is 1.08 bits per heavy atom. The van der Waals surface area contributed by atoms with Gasteiger partial charge in [-0.3, -0.25) is 0 Å². The topological polar surface area (TPSA) is 57.2 Å². The van der Waals surface area contributed by atoms with E-state index in [-0.39, 0.29) is 18.6 Å². The summed E-state index contributed by atoms with van der Waals surface area (Å²) in [4.78, 5) is 0. The molecule has 5 nitrogen and oxygen atoms in total. The highest BCUT2D eigenvalue weighted by Gasteiger charge is 2.37. The van der Waals surface area contributed by atoms with Crippen LogP contribution in [0.3, 0.4) is 0 Å². The number of aliphatic hydroxyl groups is 1. The van der Waals surface area contributed by atoms with Gasteiger partial charge in [0.1, 0.15) is 6.10 Å². The molecule has 7 heteroatoms. The second kappa shape index (κ2) is 7.52. The fourth-order valence-corrected chi connectivity index (χ4v) is 3.92. The van der Waals surface area contributed by atoms with Gasteiger partial charge < -0.3 is 22.4 Å². The summed E-state index contributed by atoms with van der Waals surface area (Å²) in [5, 5.41) is 9.95. The molecule has 0 amide bonds. The van der Waals surface area contributed by atoms with Crippen LogP contribution >= 0.6 is 45.6 Å². The number of ether oxygens (including phenoxy) is 3. The Hall–Kier alpha value is -0.940. The van der Waals surface area contributed by atoms with E-state index in [1.54, 1.807) is 14.2 Å². The Bertz CT molecular complexity index is 750. The maximum Gasteiger partial charge on any atom is 0.192 e. The van der Waals surface area contributed by atoms with Crippen molar-refractivity contribution in [3.63, 3.8) is 0 Å². The second-order valence-corrected chi connectivity index (χ2v) is 7.03. The number of benzene rings is 2. The average Bonchev–Trinajstić information content (AvgIpc) is 2.98. The summed E-state index contributed by atoms with van der Waals surface area (Å²) in [5.41, 5.74) is 1.87. The van der Waals surface area contributed by atoms with E-state index in [2.05, 4.69) is 22.6 Å². The van der Waals surface area contributed by atoms with Crippen LogP contribution in [0.2, 0.25) is 0 Å². The minimum absolute atomic E-state index is 0.0201. The first-order valence-electron chi connectivity index (χ1n) is 7.24. The number of hydrogen-bond donors (Lipinski definition) is 1. The smallest absolute Gasteiger partial charge is 0.192 e. The Labute approximate surface area is 168 Å². The second-order valence-electron chi connectivity index (χ2n) is 5.34. The molecule has 128 valence electrons. The van der Waals surface area contributed by atoms with E-state index >= 15 is 0 Å². The molecule has 2 aromatic rings. The highest BCUT2D eigenvalue weighted by atomic mass is 127. The maximum absolute atomic E-state index is 9.95. The van der Waals surface area contributed by atoms with Crippen molar-refractivity contribution in [2.24, 2.45) is 0 Å². The van der Waals surface area contributed by atoms with E-state index < -0.39 is 0 Å². The van der Waals surface area contributed by atoms with Crippen LogP contribution in [-0.4, -0.2) is 25.9 Å². The third kappa shape index (κ3) is 3.13. The summed E-state index contributed by atoms with van der Waals surface area (Å²) in [6, 6.07) is 9.59. The number of halogens is 2. The number of fused-ring (bicyclic) bond motifs is 1. The van der Waals surface area contributed by atoms with Crippen LogP contribution in [-0.2, 0) is 0 Å². The molecule has 1 N–H and O–H groups in total. The number of methoxy groups -OCH3 is 2. The van der Waals surface area contributed by atoms with Crippen molar-refractivity contribution in [1.82, 2.24) is 0 Å². The number of rotatable bonds is 5. The van der Waals surface area contributed by atoms with Crippen molar-refractivity contribution in [1.29, 1.82) is 0 Å². The van der Waals surface area contributed by atoms with Gasteiger partial charge in [0, 0.05) is 9.13 Å².